The van der Waals surface area contributed by atoms with Gasteiger partial charge in [-0.1, -0.05) is 23.6 Å². The smallest absolute Gasteiger partial charge is 0.255 e. The Kier molecular flexibility index (Phi) is 6.89. The Labute approximate surface area is 203 Å². The molecule has 0 radical (unpaired) electrons. The number of nitrogens with one attached hydrogen (secondary N) is 1. The van der Waals surface area contributed by atoms with Crippen LogP contribution in [0.2, 0.25) is 5.02 Å². The lowest BCUT2D eigenvalue weighted by atomic mass is 10.2. The van der Waals surface area contributed by atoms with E-state index in [-0.39, 0.29) is 34.4 Å². The summed E-state index contributed by atoms with van der Waals surface area (Å²) in [5, 5.41) is 2.75. The summed E-state index contributed by atoms with van der Waals surface area (Å²) in [5.41, 5.74) is 2.08. The van der Waals surface area contributed by atoms with Crippen LogP contribution < -0.4 is 10.2 Å². The van der Waals surface area contributed by atoms with Crippen molar-refractivity contribution in [2.75, 3.05) is 36.4 Å². The van der Waals surface area contributed by atoms with Crippen LogP contribution in [0, 0.1) is 18.2 Å². The molecule has 1 heterocycles. The Bertz CT molecular complexity index is 1360. The number of nitrogens with zero attached hydrogens (tertiary/aromatic N) is 2. The van der Waals surface area contributed by atoms with Crippen LogP contribution in [0.4, 0.5) is 15.8 Å². The van der Waals surface area contributed by atoms with Gasteiger partial charge in [0.25, 0.3) is 5.91 Å². The number of carbonyl (C=O) groups is 1. The number of benzene rings is 3. The van der Waals surface area contributed by atoms with Gasteiger partial charge in [0.2, 0.25) is 10.0 Å². The standard InChI is InChI=1S/C25H21ClFN3O3S/c1-2-18-4-3-5-21(16-18)28-25(31)19-6-11-23(26)24(17-19)34(32,33)30-14-12-29(13-15-30)22-9-7-20(27)8-10-22/h1,3-11,16-17H,12-15H2,(H,28,31). The first-order valence-electron chi connectivity index (χ1n) is 10.5. The quantitative estimate of drug-likeness (QED) is 0.536. The van der Waals surface area contributed by atoms with E-state index in [0.717, 1.165) is 5.69 Å². The van der Waals surface area contributed by atoms with E-state index in [1.807, 2.05) is 4.90 Å². The van der Waals surface area contributed by atoms with Crippen molar-refractivity contribution in [3.05, 3.63) is 88.7 Å². The first kappa shape index (κ1) is 23.8. The molecule has 0 unspecified atom stereocenters. The summed E-state index contributed by atoms with van der Waals surface area (Å²) in [7, 11) is -3.94. The third-order valence-electron chi connectivity index (χ3n) is 5.53. The maximum atomic E-state index is 13.3. The topological polar surface area (TPSA) is 69.7 Å². The molecule has 0 aromatic heterocycles. The average Bonchev–Trinajstić information content (AvgIpc) is 2.85. The fourth-order valence-corrected chi connectivity index (χ4v) is 5.63. The molecule has 3 aromatic rings. The zero-order chi connectivity index (χ0) is 24.3. The zero-order valence-electron chi connectivity index (χ0n) is 18.0. The monoisotopic (exact) mass is 497 g/mol. The number of anilines is 2. The highest BCUT2D eigenvalue weighted by molar-refractivity contribution is 7.89. The lowest BCUT2D eigenvalue weighted by Gasteiger charge is -2.35. The van der Waals surface area contributed by atoms with Gasteiger partial charge in [-0.2, -0.15) is 4.31 Å². The van der Waals surface area contributed by atoms with Gasteiger partial charge < -0.3 is 10.2 Å². The molecule has 1 aliphatic heterocycles. The lowest BCUT2D eigenvalue weighted by Crippen LogP contribution is -2.48. The summed E-state index contributed by atoms with van der Waals surface area (Å²) in [6.45, 7) is 1.33. The van der Waals surface area contributed by atoms with Crippen molar-refractivity contribution >= 4 is 38.9 Å². The molecule has 0 atom stereocenters. The van der Waals surface area contributed by atoms with Crippen molar-refractivity contribution in [2.45, 2.75) is 4.90 Å². The van der Waals surface area contributed by atoms with E-state index >= 15 is 0 Å². The number of rotatable bonds is 5. The molecule has 0 aliphatic carbocycles. The van der Waals surface area contributed by atoms with Gasteiger partial charge in [0.15, 0.2) is 0 Å². The van der Waals surface area contributed by atoms with Crippen LogP contribution in [0.15, 0.2) is 71.6 Å². The van der Waals surface area contributed by atoms with Crippen LogP contribution in [0.1, 0.15) is 15.9 Å². The molecule has 1 fully saturated rings. The van der Waals surface area contributed by atoms with Crippen molar-refractivity contribution in [1.82, 2.24) is 4.31 Å². The van der Waals surface area contributed by atoms with Gasteiger partial charge in [0, 0.05) is 48.7 Å². The maximum absolute atomic E-state index is 13.3. The Hall–Kier alpha value is -3.38. The van der Waals surface area contributed by atoms with Gasteiger partial charge in [0.1, 0.15) is 10.7 Å². The summed E-state index contributed by atoms with van der Waals surface area (Å²) in [4.78, 5) is 14.6. The van der Waals surface area contributed by atoms with E-state index in [2.05, 4.69) is 11.2 Å². The number of sulfonamides is 1. The van der Waals surface area contributed by atoms with Gasteiger partial charge in [-0.25, -0.2) is 12.8 Å². The number of carbonyl (C=O) groups excluding carboxylic acids is 1. The van der Waals surface area contributed by atoms with Crippen LogP contribution >= 0.6 is 11.6 Å². The first-order chi connectivity index (χ1) is 16.3. The molecule has 0 bridgehead atoms. The van der Waals surface area contributed by atoms with Crippen molar-refractivity contribution < 1.29 is 17.6 Å². The van der Waals surface area contributed by atoms with E-state index < -0.39 is 15.9 Å². The summed E-state index contributed by atoms with van der Waals surface area (Å²) >= 11 is 6.24. The molecule has 1 aliphatic rings. The molecular formula is C25H21ClFN3O3S. The molecule has 0 saturated carbocycles. The predicted octanol–water partition coefficient (Wildman–Crippen LogP) is 4.22. The van der Waals surface area contributed by atoms with Crippen LogP contribution in [-0.4, -0.2) is 44.8 Å². The minimum atomic E-state index is -3.94. The average molecular weight is 498 g/mol. The molecule has 1 N–H and O–H groups in total. The fraction of sp³-hybridized carbons (Fsp3) is 0.160. The Morgan fingerprint density at radius 1 is 1.00 bits per heavy atom. The van der Waals surface area contributed by atoms with Gasteiger partial charge in [-0.3, -0.25) is 4.79 Å². The second kappa shape index (κ2) is 9.85. The number of terminal acetylenes is 1. The minimum absolute atomic E-state index is 0.0341. The highest BCUT2D eigenvalue weighted by atomic mass is 35.5. The molecule has 6 nitrogen and oxygen atoms in total. The molecule has 4 rings (SSSR count). The van der Waals surface area contributed by atoms with E-state index in [4.69, 9.17) is 18.0 Å². The largest absolute Gasteiger partial charge is 0.369 e. The number of hydrogen-bond donors (Lipinski definition) is 1. The van der Waals surface area contributed by atoms with Crippen LogP contribution in [0.3, 0.4) is 0 Å². The van der Waals surface area contributed by atoms with Gasteiger partial charge in [-0.15, -0.1) is 6.42 Å². The Morgan fingerprint density at radius 3 is 2.38 bits per heavy atom. The van der Waals surface area contributed by atoms with Crippen molar-refractivity contribution in [2.24, 2.45) is 0 Å². The lowest BCUT2D eigenvalue weighted by molar-refractivity contribution is 0.102. The predicted molar refractivity (Wildman–Crippen MR) is 131 cm³/mol. The van der Waals surface area contributed by atoms with Crippen molar-refractivity contribution in [1.29, 1.82) is 0 Å². The minimum Gasteiger partial charge on any atom is -0.369 e. The van der Waals surface area contributed by atoms with Crippen LogP contribution in [0.5, 0.6) is 0 Å². The summed E-state index contributed by atoms with van der Waals surface area (Å²) in [5.74, 6) is 1.69. The van der Waals surface area contributed by atoms with Crippen LogP contribution in [0.25, 0.3) is 0 Å². The number of piperazine rings is 1. The maximum Gasteiger partial charge on any atom is 0.255 e. The van der Waals surface area contributed by atoms with E-state index in [0.29, 0.717) is 24.3 Å². The van der Waals surface area contributed by atoms with E-state index in [9.17, 15) is 17.6 Å². The SMILES string of the molecule is C#Cc1cccc(NC(=O)c2ccc(Cl)c(S(=O)(=O)N3CCN(c4ccc(F)cc4)CC3)c2)c1. The van der Waals surface area contributed by atoms with E-state index in [1.54, 1.807) is 36.4 Å². The molecule has 0 spiro atoms. The van der Waals surface area contributed by atoms with E-state index in [1.165, 1.54) is 34.6 Å². The second-order valence-corrected chi connectivity index (χ2v) is 10.0. The summed E-state index contributed by atoms with van der Waals surface area (Å²) in [6.07, 6.45) is 5.40. The van der Waals surface area contributed by atoms with Crippen molar-refractivity contribution in [3.63, 3.8) is 0 Å². The third kappa shape index (κ3) is 5.07. The molecule has 9 heteroatoms. The molecule has 34 heavy (non-hydrogen) atoms. The first-order valence-corrected chi connectivity index (χ1v) is 12.3. The second-order valence-electron chi connectivity index (χ2n) is 7.69. The molecular weight excluding hydrogens is 477 g/mol. The fourth-order valence-electron chi connectivity index (χ4n) is 3.71. The molecule has 1 saturated heterocycles. The summed E-state index contributed by atoms with van der Waals surface area (Å²) in [6, 6.07) is 17.0. The van der Waals surface area contributed by atoms with Crippen molar-refractivity contribution in [3.8, 4) is 12.3 Å². The van der Waals surface area contributed by atoms with Gasteiger partial charge >= 0.3 is 0 Å². The molecule has 1 amide bonds. The summed E-state index contributed by atoms with van der Waals surface area (Å²) < 4.78 is 41.2. The zero-order valence-corrected chi connectivity index (χ0v) is 19.6. The Morgan fingerprint density at radius 2 is 1.71 bits per heavy atom. The molecule has 174 valence electrons. The molecule has 3 aromatic carbocycles. The highest BCUT2D eigenvalue weighted by Gasteiger charge is 2.31. The third-order valence-corrected chi connectivity index (χ3v) is 7.91. The number of halogens is 2. The Balaban J connectivity index is 1.51. The van der Waals surface area contributed by atoms with Crippen LogP contribution in [-0.2, 0) is 10.0 Å². The van der Waals surface area contributed by atoms with Gasteiger partial charge in [-0.05, 0) is 60.7 Å². The highest BCUT2D eigenvalue weighted by Crippen LogP contribution is 2.28. The van der Waals surface area contributed by atoms with Gasteiger partial charge in [0.05, 0.1) is 5.02 Å². The normalized spacial score (nSPS) is 14.4. The number of amides is 1. The number of hydrogen-bond acceptors (Lipinski definition) is 4.